The van der Waals surface area contributed by atoms with Crippen molar-refractivity contribution in [3.05, 3.63) is 24.3 Å². The molecule has 3 amide bonds. The summed E-state index contributed by atoms with van der Waals surface area (Å²) in [4.78, 5) is 42.9. The summed E-state index contributed by atoms with van der Waals surface area (Å²) in [5, 5.41) is 0. The summed E-state index contributed by atoms with van der Waals surface area (Å²) >= 11 is 0. The van der Waals surface area contributed by atoms with Crippen LogP contribution in [0.3, 0.4) is 0 Å². The third-order valence-electron chi connectivity index (χ3n) is 5.68. The predicted molar refractivity (Wildman–Crippen MR) is 99.3 cm³/mol. The molecule has 0 N–H and O–H groups in total. The Bertz CT molecular complexity index is 753. The van der Waals surface area contributed by atoms with E-state index >= 15 is 0 Å². The first-order valence-corrected chi connectivity index (χ1v) is 9.59. The number of para-hydroxylation sites is 2. The second-order valence-corrected chi connectivity index (χ2v) is 7.50. The summed E-state index contributed by atoms with van der Waals surface area (Å²) in [6.45, 7) is 2.67. The molecule has 0 aromatic heterocycles. The molecule has 144 valence electrons. The highest BCUT2D eigenvalue weighted by molar-refractivity contribution is 6.01. The zero-order chi connectivity index (χ0) is 19.0. The van der Waals surface area contributed by atoms with Crippen LogP contribution in [0.2, 0.25) is 0 Å². The third kappa shape index (κ3) is 3.50. The molecule has 1 aromatic carbocycles. The minimum Gasteiger partial charge on any atom is -0.495 e. The second-order valence-electron chi connectivity index (χ2n) is 7.50. The number of methoxy groups -OCH3 is 1. The maximum Gasteiger partial charge on any atom is 0.228 e. The van der Waals surface area contributed by atoms with Gasteiger partial charge in [-0.1, -0.05) is 12.1 Å². The lowest BCUT2D eigenvalue weighted by atomic mass is 10.1. The number of nitrogens with zero attached hydrogens (tertiary/aromatic N) is 3. The molecule has 1 saturated carbocycles. The Morgan fingerprint density at radius 2 is 1.56 bits per heavy atom. The smallest absolute Gasteiger partial charge is 0.228 e. The predicted octanol–water partition coefficient (Wildman–Crippen LogP) is 1.13. The van der Waals surface area contributed by atoms with Crippen LogP contribution in [-0.4, -0.2) is 67.4 Å². The number of hydrogen-bond acceptors (Lipinski definition) is 4. The Kier molecular flexibility index (Phi) is 4.76. The second kappa shape index (κ2) is 7.21. The molecule has 3 aliphatic rings. The molecule has 2 saturated heterocycles. The highest BCUT2D eigenvalue weighted by Gasteiger charge is 2.40. The Morgan fingerprint density at radius 3 is 2.15 bits per heavy atom. The quantitative estimate of drug-likeness (QED) is 0.796. The first-order valence-electron chi connectivity index (χ1n) is 9.59. The van der Waals surface area contributed by atoms with E-state index in [4.69, 9.17) is 4.74 Å². The molecular formula is C20H25N3O4. The lowest BCUT2D eigenvalue weighted by Gasteiger charge is -2.36. The Hall–Kier alpha value is -2.57. The maximum atomic E-state index is 12.9. The fourth-order valence-corrected chi connectivity index (χ4v) is 3.95. The Labute approximate surface area is 158 Å². The first kappa shape index (κ1) is 17.8. The highest BCUT2D eigenvalue weighted by atomic mass is 16.5. The number of amides is 3. The highest BCUT2D eigenvalue weighted by Crippen LogP contribution is 2.34. The number of anilines is 1. The van der Waals surface area contributed by atoms with Gasteiger partial charge in [0.05, 0.1) is 18.7 Å². The van der Waals surface area contributed by atoms with Gasteiger partial charge in [0.25, 0.3) is 0 Å². The fraction of sp³-hybridized carbons (Fsp3) is 0.550. The van der Waals surface area contributed by atoms with E-state index < -0.39 is 0 Å². The van der Waals surface area contributed by atoms with E-state index in [1.807, 2.05) is 29.2 Å². The normalized spacial score (nSPS) is 22.9. The van der Waals surface area contributed by atoms with Crippen molar-refractivity contribution in [1.29, 1.82) is 0 Å². The molecule has 0 spiro atoms. The number of benzene rings is 1. The zero-order valence-electron chi connectivity index (χ0n) is 15.6. The molecule has 1 aliphatic carbocycles. The average molecular weight is 371 g/mol. The number of carbonyl (C=O) groups excluding carboxylic acids is 3. The Morgan fingerprint density at radius 1 is 0.963 bits per heavy atom. The van der Waals surface area contributed by atoms with Crippen LogP contribution in [-0.2, 0) is 14.4 Å². The van der Waals surface area contributed by atoms with Gasteiger partial charge in [-0.2, -0.15) is 0 Å². The van der Waals surface area contributed by atoms with Gasteiger partial charge in [-0.3, -0.25) is 14.4 Å². The number of carbonyl (C=O) groups is 3. The molecule has 3 fully saturated rings. The molecule has 1 aromatic rings. The van der Waals surface area contributed by atoms with Gasteiger partial charge in [-0.15, -0.1) is 0 Å². The van der Waals surface area contributed by atoms with Crippen LogP contribution in [0.25, 0.3) is 0 Å². The van der Waals surface area contributed by atoms with Crippen molar-refractivity contribution in [2.75, 3.05) is 44.7 Å². The van der Waals surface area contributed by atoms with Gasteiger partial charge in [0.15, 0.2) is 0 Å². The summed E-state index contributed by atoms with van der Waals surface area (Å²) in [7, 11) is 1.57. The van der Waals surface area contributed by atoms with Crippen molar-refractivity contribution in [2.24, 2.45) is 11.8 Å². The van der Waals surface area contributed by atoms with Crippen molar-refractivity contribution < 1.29 is 19.1 Å². The molecule has 7 heteroatoms. The number of piperazine rings is 1. The molecule has 4 rings (SSSR count). The van der Waals surface area contributed by atoms with Gasteiger partial charge >= 0.3 is 0 Å². The summed E-state index contributed by atoms with van der Waals surface area (Å²) < 4.78 is 5.35. The summed E-state index contributed by atoms with van der Waals surface area (Å²) in [5.74, 6) is 0.702. The summed E-state index contributed by atoms with van der Waals surface area (Å²) in [6.07, 6.45) is 2.22. The van der Waals surface area contributed by atoms with Gasteiger partial charge < -0.3 is 19.4 Å². The first-order chi connectivity index (χ1) is 13.1. The lowest BCUT2D eigenvalue weighted by Crippen LogP contribution is -2.52. The largest absolute Gasteiger partial charge is 0.495 e. The van der Waals surface area contributed by atoms with Crippen LogP contribution in [0.4, 0.5) is 5.69 Å². The average Bonchev–Trinajstić information content (AvgIpc) is 3.49. The van der Waals surface area contributed by atoms with Gasteiger partial charge in [-0.05, 0) is 25.0 Å². The molecular weight excluding hydrogens is 346 g/mol. The molecule has 1 atom stereocenters. The minimum atomic E-state index is -0.340. The van der Waals surface area contributed by atoms with Crippen molar-refractivity contribution in [3.8, 4) is 5.75 Å². The summed E-state index contributed by atoms with van der Waals surface area (Å²) in [6, 6.07) is 7.37. The van der Waals surface area contributed by atoms with Gasteiger partial charge in [0, 0.05) is 45.1 Å². The van der Waals surface area contributed by atoms with Crippen molar-refractivity contribution in [2.45, 2.75) is 19.3 Å². The van der Waals surface area contributed by atoms with Crippen LogP contribution in [0.5, 0.6) is 5.75 Å². The van der Waals surface area contributed by atoms with Gasteiger partial charge in [0.2, 0.25) is 17.7 Å². The zero-order valence-corrected chi connectivity index (χ0v) is 15.6. The topological polar surface area (TPSA) is 70.2 Å². The number of ether oxygens (including phenoxy) is 1. The van der Waals surface area contributed by atoms with Crippen LogP contribution in [0.1, 0.15) is 19.3 Å². The SMILES string of the molecule is COc1ccccc1N1CC(C(=O)N2CCN(C(=O)C3CC3)CC2)CC1=O. The van der Waals surface area contributed by atoms with Gasteiger partial charge in [-0.25, -0.2) is 0 Å². The van der Waals surface area contributed by atoms with E-state index in [0.29, 0.717) is 44.2 Å². The minimum absolute atomic E-state index is 0.0132. The van der Waals surface area contributed by atoms with Crippen LogP contribution in [0.15, 0.2) is 24.3 Å². The monoisotopic (exact) mass is 371 g/mol. The third-order valence-corrected chi connectivity index (χ3v) is 5.68. The fourth-order valence-electron chi connectivity index (χ4n) is 3.95. The molecule has 0 radical (unpaired) electrons. The maximum absolute atomic E-state index is 12.9. The van der Waals surface area contributed by atoms with E-state index in [9.17, 15) is 14.4 Å². The molecule has 1 unspecified atom stereocenters. The number of rotatable bonds is 4. The van der Waals surface area contributed by atoms with Crippen LogP contribution >= 0.6 is 0 Å². The molecule has 2 aliphatic heterocycles. The Balaban J connectivity index is 1.37. The van der Waals surface area contributed by atoms with E-state index in [-0.39, 0.29) is 36.0 Å². The van der Waals surface area contributed by atoms with E-state index in [0.717, 1.165) is 12.8 Å². The van der Waals surface area contributed by atoms with Crippen molar-refractivity contribution in [1.82, 2.24) is 9.80 Å². The van der Waals surface area contributed by atoms with E-state index in [1.54, 1.807) is 16.9 Å². The van der Waals surface area contributed by atoms with Crippen molar-refractivity contribution >= 4 is 23.4 Å². The van der Waals surface area contributed by atoms with Gasteiger partial charge in [0.1, 0.15) is 5.75 Å². The molecule has 7 nitrogen and oxygen atoms in total. The standard InChI is InChI=1S/C20H25N3O4/c1-27-17-5-3-2-4-16(17)23-13-15(12-18(23)24)20(26)22-10-8-21(9-11-22)19(25)14-6-7-14/h2-5,14-15H,6-13H2,1H3. The van der Waals surface area contributed by atoms with E-state index in [1.165, 1.54) is 0 Å². The molecule has 27 heavy (non-hydrogen) atoms. The van der Waals surface area contributed by atoms with E-state index in [2.05, 4.69) is 0 Å². The number of hydrogen-bond donors (Lipinski definition) is 0. The molecule has 0 bridgehead atoms. The molecule has 2 heterocycles. The van der Waals surface area contributed by atoms with Crippen molar-refractivity contribution in [3.63, 3.8) is 0 Å². The van der Waals surface area contributed by atoms with Crippen LogP contribution < -0.4 is 9.64 Å². The lowest BCUT2D eigenvalue weighted by molar-refractivity contribution is -0.142. The summed E-state index contributed by atoms with van der Waals surface area (Å²) in [5.41, 5.74) is 0.708. The van der Waals surface area contributed by atoms with Crippen LogP contribution in [0, 0.1) is 11.8 Å².